The van der Waals surface area contributed by atoms with Crippen LogP contribution in [0.3, 0.4) is 0 Å². The summed E-state index contributed by atoms with van der Waals surface area (Å²) >= 11 is 1.18. The molecule has 6 heteroatoms. The summed E-state index contributed by atoms with van der Waals surface area (Å²) in [5, 5.41) is 8.93. The molecule has 0 bridgehead atoms. The van der Waals surface area contributed by atoms with Crippen LogP contribution in [-0.4, -0.2) is 41.6 Å². The number of hydrogen-bond donors (Lipinski definition) is 1. The Balaban J connectivity index is 2.19. The molecule has 1 aliphatic rings. The van der Waals surface area contributed by atoms with Crippen molar-refractivity contribution in [3.8, 4) is 0 Å². The largest absolute Gasteiger partial charge is 0.415 e. The van der Waals surface area contributed by atoms with Gasteiger partial charge in [-0.3, -0.25) is 0 Å². The third kappa shape index (κ3) is 4.06. The van der Waals surface area contributed by atoms with Crippen LogP contribution in [0.2, 0.25) is 0 Å². The molecule has 1 fully saturated rings. The molecule has 0 spiro atoms. The van der Waals surface area contributed by atoms with E-state index in [0.29, 0.717) is 13.2 Å². The highest BCUT2D eigenvalue weighted by Crippen LogP contribution is 2.27. The van der Waals surface area contributed by atoms with Gasteiger partial charge in [0, 0.05) is 24.2 Å². The molecule has 0 aromatic carbocycles. The maximum Gasteiger partial charge on any atom is 0.415 e. The van der Waals surface area contributed by atoms with Gasteiger partial charge in [0.1, 0.15) is 0 Å². The van der Waals surface area contributed by atoms with Gasteiger partial charge in [0.25, 0.3) is 0 Å². The highest BCUT2D eigenvalue weighted by Gasteiger charge is 2.38. The summed E-state index contributed by atoms with van der Waals surface area (Å²) in [7, 11) is 0. The summed E-state index contributed by atoms with van der Waals surface area (Å²) in [5.41, 5.74) is 0. The van der Waals surface area contributed by atoms with Crippen molar-refractivity contribution in [2.45, 2.75) is 30.4 Å². The molecule has 0 amide bonds. The predicted octanol–water partition coefficient (Wildman–Crippen LogP) is 1.82. The van der Waals surface area contributed by atoms with Crippen molar-refractivity contribution in [3.05, 3.63) is 0 Å². The Morgan fingerprint density at radius 1 is 1.36 bits per heavy atom. The number of rotatable bonds is 3. The van der Waals surface area contributed by atoms with Gasteiger partial charge in [0.15, 0.2) is 6.10 Å². The van der Waals surface area contributed by atoms with Gasteiger partial charge in [0.05, 0.1) is 0 Å². The van der Waals surface area contributed by atoms with Crippen LogP contribution in [0.5, 0.6) is 0 Å². The molecule has 0 aliphatic carbocycles. The summed E-state index contributed by atoms with van der Waals surface area (Å²) in [6.07, 6.45) is -5.14. The quantitative estimate of drug-likeness (QED) is 0.802. The lowest BCUT2D eigenvalue weighted by Crippen LogP contribution is -2.32. The van der Waals surface area contributed by atoms with Gasteiger partial charge in [0.2, 0.25) is 0 Å². The maximum absolute atomic E-state index is 11.9. The molecule has 2 nitrogen and oxygen atoms in total. The molecule has 1 heterocycles. The van der Waals surface area contributed by atoms with Gasteiger partial charge >= 0.3 is 6.18 Å². The lowest BCUT2D eigenvalue weighted by Gasteiger charge is -2.23. The Bertz CT molecular complexity index is 168. The number of hydrogen-bond acceptors (Lipinski definition) is 3. The molecule has 84 valence electrons. The normalized spacial score (nSPS) is 22.3. The fourth-order valence-electron chi connectivity index (χ4n) is 1.16. The van der Waals surface area contributed by atoms with E-state index in [0.717, 1.165) is 12.8 Å². The van der Waals surface area contributed by atoms with Crippen molar-refractivity contribution in [1.29, 1.82) is 0 Å². The van der Waals surface area contributed by atoms with Gasteiger partial charge in [-0.15, -0.1) is 0 Å². The molecule has 1 aliphatic heterocycles. The number of alkyl halides is 3. The van der Waals surface area contributed by atoms with Crippen LogP contribution >= 0.6 is 11.8 Å². The third-order valence-corrected chi connectivity index (χ3v) is 3.49. The molecule has 1 unspecified atom stereocenters. The van der Waals surface area contributed by atoms with Crippen LogP contribution in [0.1, 0.15) is 12.8 Å². The highest BCUT2D eigenvalue weighted by atomic mass is 32.2. The van der Waals surface area contributed by atoms with E-state index >= 15 is 0 Å². The number of halogens is 3. The summed E-state index contributed by atoms with van der Waals surface area (Å²) in [5.74, 6) is -0.270. The van der Waals surface area contributed by atoms with Gasteiger partial charge in [-0.2, -0.15) is 24.9 Å². The van der Waals surface area contributed by atoms with Crippen LogP contribution in [0, 0.1) is 0 Å². The van der Waals surface area contributed by atoms with Crippen molar-refractivity contribution in [2.75, 3.05) is 19.0 Å². The lowest BCUT2D eigenvalue weighted by molar-refractivity contribution is -0.195. The lowest BCUT2D eigenvalue weighted by atomic mass is 10.2. The van der Waals surface area contributed by atoms with Gasteiger partial charge in [-0.1, -0.05) is 0 Å². The van der Waals surface area contributed by atoms with Gasteiger partial charge in [-0.25, -0.2) is 0 Å². The second-order valence-corrected chi connectivity index (χ2v) is 4.54. The molecule has 0 aromatic rings. The van der Waals surface area contributed by atoms with Crippen LogP contribution in [0.4, 0.5) is 13.2 Å². The summed E-state index contributed by atoms with van der Waals surface area (Å²) < 4.78 is 40.8. The van der Waals surface area contributed by atoms with Crippen molar-refractivity contribution in [1.82, 2.24) is 0 Å². The number of thioether (sulfide) groups is 1. The molecule has 1 rings (SSSR count). The van der Waals surface area contributed by atoms with E-state index in [-0.39, 0.29) is 11.0 Å². The average Bonchev–Trinajstić information content (AvgIpc) is 2.14. The predicted molar refractivity (Wildman–Crippen MR) is 48.4 cm³/mol. The molecule has 0 saturated carbocycles. The average molecular weight is 230 g/mol. The van der Waals surface area contributed by atoms with E-state index in [2.05, 4.69) is 0 Å². The van der Waals surface area contributed by atoms with Crippen molar-refractivity contribution >= 4 is 11.8 Å². The van der Waals surface area contributed by atoms with E-state index in [1.54, 1.807) is 0 Å². The number of aliphatic hydroxyl groups is 1. The topological polar surface area (TPSA) is 29.5 Å². The zero-order valence-corrected chi connectivity index (χ0v) is 8.40. The fraction of sp³-hybridized carbons (Fsp3) is 1.00. The van der Waals surface area contributed by atoms with E-state index < -0.39 is 12.3 Å². The Morgan fingerprint density at radius 3 is 2.43 bits per heavy atom. The number of ether oxygens (including phenoxy) is 1. The Kier molecular flexibility index (Phi) is 4.53. The van der Waals surface area contributed by atoms with Crippen molar-refractivity contribution < 1.29 is 23.0 Å². The molecule has 1 N–H and O–H groups in total. The molecule has 0 radical (unpaired) electrons. The van der Waals surface area contributed by atoms with E-state index in [9.17, 15) is 13.2 Å². The van der Waals surface area contributed by atoms with Crippen molar-refractivity contribution in [3.63, 3.8) is 0 Å². The molecule has 14 heavy (non-hydrogen) atoms. The van der Waals surface area contributed by atoms with E-state index in [1.807, 2.05) is 0 Å². The minimum atomic E-state index is -4.49. The first-order valence-corrected chi connectivity index (χ1v) is 5.49. The van der Waals surface area contributed by atoms with E-state index in [4.69, 9.17) is 9.84 Å². The molecule has 0 aromatic heterocycles. The van der Waals surface area contributed by atoms with Crippen LogP contribution < -0.4 is 0 Å². The zero-order chi connectivity index (χ0) is 10.6. The van der Waals surface area contributed by atoms with Crippen LogP contribution in [0.25, 0.3) is 0 Å². The summed E-state index contributed by atoms with van der Waals surface area (Å²) in [6.45, 7) is 1.22. The molecule has 1 atom stereocenters. The minimum Gasteiger partial charge on any atom is -0.383 e. The Labute approximate surface area is 84.8 Å². The monoisotopic (exact) mass is 230 g/mol. The Morgan fingerprint density at radius 2 is 1.93 bits per heavy atom. The molecule has 1 saturated heterocycles. The minimum absolute atomic E-state index is 0.195. The van der Waals surface area contributed by atoms with Gasteiger partial charge < -0.3 is 9.84 Å². The van der Waals surface area contributed by atoms with Crippen LogP contribution in [0.15, 0.2) is 0 Å². The Hall–Kier alpha value is 0.0600. The first-order chi connectivity index (χ1) is 6.50. The standard InChI is InChI=1S/C8H13F3O2S/c9-8(10,11)7(12)5-14-6-1-3-13-4-2-6/h6-7,12H,1-5H2. The van der Waals surface area contributed by atoms with Crippen molar-refractivity contribution in [2.24, 2.45) is 0 Å². The molecular weight excluding hydrogens is 217 g/mol. The van der Waals surface area contributed by atoms with E-state index in [1.165, 1.54) is 11.8 Å². The molecular formula is C8H13F3O2S. The smallest absolute Gasteiger partial charge is 0.383 e. The second-order valence-electron chi connectivity index (χ2n) is 3.20. The zero-order valence-electron chi connectivity index (χ0n) is 7.59. The van der Waals surface area contributed by atoms with Gasteiger partial charge in [-0.05, 0) is 12.8 Å². The van der Waals surface area contributed by atoms with Crippen LogP contribution in [-0.2, 0) is 4.74 Å². The summed E-state index contributed by atoms with van der Waals surface area (Å²) in [6, 6.07) is 0. The third-order valence-electron chi connectivity index (χ3n) is 2.04. The first-order valence-electron chi connectivity index (χ1n) is 4.44. The SMILES string of the molecule is OC(CSC1CCOCC1)C(F)(F)F. The maximum atomic E-state index is 11.9. The first kappa shape index (κ1) is 12.1. The summed E-state index contributed by atoms with van der Waals surface area (Å²) in [4.78, 5) is 0. The second kappa shape index (κ2) is 5.23. The fourth-order valence-corrected chi connectivity index (χ4v) is 2.33. The number of aliphatic hydroxyl groups excluding tert-OH is 1. The highest BCUT2D eigenvalue weighted by molar-refractivity contribution is 7.99.